The summed E-state index contributed by atoms with van der Waals surface area (Å²) in [6.07, 6.45) is 4.21. The summed E-state index contributed by atoms with van der Waals surface area (Å²) in [4.78, 5) is 11.4. The Labute approximate surface area is 129 Å². The van der Waals surface area contributed by atoms with Crippen molar-refractivity contribution < 1.29 is 18.3 Å². The van der Waals surface area contributed by atoms with Crippen molar-refractivity contribution in [2.75, 3.05) is 7.11 Å². The van der Waals surface area contributed by atoms with E-state index < -0.39 is 11.9 Å². The zero-order valence-corrected chi connectivity index (χ0v) is 13.2. The third-order valence-corrected chi connectivity index (χ3v) is 3.70. The molecule has 0 unspecified atom stereocenters. The predicted octanol–water partition coefficient (Wildman–Crippen LogP) is 5.58. The molecule has 5 heteroatoms. The van der Waals surface area contributed by atoms with Gasteiger partial charge < -0.3 is 4.74 Å². The van der Waals surface area contributed by atoms with Crippen LogP contribution >= 0.6 is 11.6 Å². The molecular weight excluding hydrogens is 298 g/mol. The first-order valence-electron chi connectivity index (χ1n) is 7.18. The van der Waals surface area contributed by atoms with Crippen LogP contribution in [0.2, 0.25) is 5.02 Å². The molecule has 0 aliphatic heterocycles. The molecule has 0 bridgehead atoms. The lowest BCUT2D eigenvalue weighted by atomic mass is 10.00. The monoisotopic (exact) mass is 318 g/mol. The molecule has 1 aromatic carbocycles. The van der Waals surface area contributed by atoms with Gasteiger partial charge in [0.15, 0.2) is 0 Å². The highest BCUT2D eigenvalue weighted by Gasteiger charge is 2.31. The van der Waals surface area contributed by atoms with E-state index in [2.05, 4.69) is 11.7 Å². The summed E-state index contributed by atoms with van der Waals surface area (Å²) in [6, 6.07) is 3.68. The molecule has 1 aromatic rings. The molecule has 0 saturated heterocycles. The zero-order chi connectivity index (χ0) is 15.9. The average molecular weight is 319 g/mol. The Morgan fingerprint density at radius 3 is 2.48 bits per heavy atom. The SMILES string of the molecule is CCCCCCCC(F)(F)c1ccc(C(=O)OC)c(Cl)c1. The van der Waals surface area contributed by atoms with Gasteiger partial charge in [-0.1, -0.05) is 50.3 Å². The van der Waals surface area contributed by atoms with E-state index in [1.165, 1.54) is 19.2 Å². The second kappa shape index (κ2) is 8.32. The number of unbranched alkanes of at least 4 members (excludes halogenated alkanes) is 4. The topological polar surface area (TPSA) is 26.3 Å². The van der Waals surface area contributed by atoms with Crippen LogP contribution < -0.4 is 0 Å². The van der Waals surface area contributed by atoms with Gasteiger partial charge >= 0.3 is 5.97 Å². The standard InChI is InChI=1S/C16H21ClF2O2/c1-3-4-5-6-7-10-16(18,19)12-8-9-13(14(17)11-12)15(20)21-2/h8-9,11H,3-7,10H2,1-2H3. The van der Waals surface area contributed by atoms with Gasteiger partial charge in [0, 0.05) is 12.0 Å². The van der Waals surface area contributed by atoms with Crippen molar-refractivity contribution in [2.24, 2.45) is 0 Å². The van der Waals surface area contributed by atoms with Crippen LogP contribution in [0.3, 0.4) is 0 Å². The number of methoxy groups -OCH3 is 1. The van der Waals surface area contributed by atoms with Gasteiger partial charge in [0.2, 0.25) is 0 Å². The number of hydrogen-bond acceptors (Lipinski definition) is 2. The Hall–Kier alpha value is -1.16. The normalized spacial score (nSPS) is 11.5. The van der Waals surface area contributed by atoms with Gasteiger partial charge in [0.05, 0.1) is 17.7 Å². The fourth-order valence-electron chi connectivity index (χ4n) is 2.11. The number of ether oxygens (including phenoxy) is 1. The van der Waals surface area contributed by atoms with Gasteiger partial charge in [-0.15, -0.1) is 0 Å². The maximum absolute atomic E-state index is 14.1. The Kier molecular flexibility index (Phi) is 7.09. The number of carbonyl (C=O) groups is 1. The van der Waals surface area contributed by atoms with E-state index in [4.69, 9.17) is 11.6 Å². The lowest BCUT2D eigenvalue weighted by molar-refractivity contribution is -0.0158. The fraction of sp³-hybridized carbons (Fsp3) is 0.562. The van der Waals surface area contributed by atoms with E-state index >= 15 is 0 Å². The van der Waals surface area contributed by atoms with Gasteiger partial charge in [-0.05, 0) is 18.6 Å². The molecule has 2 nitrogen and oxygen atoms in total. The lowest BCUT2D eigenvalue weighted by Crippen LogP contribution is -2.14. The Bertz CT molecular complexity index is 475. The Morgan fingerprint density at radius 2 is 1.90 bits per heavy atom. The number of carbonyl (C=O) groups excluding carboxylic acids is 1. The van der Waals surface area contributed by atoms with E-state index in [0.717, 1.165) is 31.7 Å². The Balaban J connectivity index is 2.70. The molecule has 0 aromatic heterocycles. The third kappa shape index (κ3) is 5.27. The molecule has 0 N–H and O–H groups in total. The van der Waals surface area contributed by atoms with Crippen LogP contribution in [0, 0.1) is 0 Å². The van der Waals surface area contributed by atoms with Crippen molar-refractivity contribution in [2.45, 2.75) is 51.4 Å². The fourth-order valence-corrected chi connectivity index (χ4v) is 2.37. The molecule has 0 aliphatic rings. The second-order valence-corrected chi connectivity index (χ2v) is 5.46. The minimum Gasteiger partial charge on any atom is -0.465 e. The van der Waals surface area contributed by atoms with Crippen LogP contribution in [0.5, 0.6) is 0 Å². The van der Waals surface area contributed by atoms with Crippen LogP contribution in [0.15, 0.2) is 18.2 Å². The molecule has 118 valence electrons. The molecule has 0 radical (unpaired) electrons. The molecule has 0 fully saturated rings. The number of benzene rings is 1. The van der Waals surface area contributed by atoms with E-state index in [-0.39, 0.29) is 22.6 Å². The number of alkyl halides is 2. The number of rotatable bonds is 8. The summed E-state index contributed by atoms with van der Waals surface area (Å²) >= 11 is 5.88. The summed E-state index contributed by atoms with van der Waals surface area (Å²) in [5.41, 5.74) is -0.0580. The van der Waals surface area contributed by atoms with Crippen molar-refractivity contribution in [1.82, 2.24) is 0 Å². The van der Waals surface area contributed by atoms with Crippen molar-refractivity contribution in [3.05, 3.63) is 34.3 Å². The van der Waals surface area contributed by atoms with E-state index in [1.54, 1.807) is 0 Å². The molecule has 0 atom stereocenters. The van der Waals surface area contributed by atoms with E-state index in [0.29, 0.717) is 6.42 Å². The van der Waals surface area contributed by atoms with Crippen LogP contribution in [0.25, 0.3) is 0 Å². The highest BCUT2D eigenvalue weighted by Crippen LogP contribution is 2.35. The van der Waals surface area contributed by atoms with Crippen LogP contribution in [-0.4, -0.2) is 13.1 Å². The average Bonchev–Trinajstić information content (AvgIpc) is 2.46. The number of hydrogen-bond donors (Lipinski definition) is 0. The lowest BCUT2D eigenvalue weighted by Gasteiger charge is -2.17. The first-order valence-corrected chi connectivity index (χ1v) is 7.56. The molecule has 0 aliphatic carbocycles. The van der Waals surface area contributed by atoms with Crippen molar-refractivity contribution in [1.29, 1.82) is 0 Å². The van der Waals surface area contributed by atoms with Crippen molar-refractivity contribution >= 4 is 17.6 Å². The van der Waals surface area contributed by atoms with E-state index in [9.17, 15) is 13.6 Å². The van der Waals surface area contributed by atoms with Gasteiger partial charge in [-0.3, -0.25) is 0 Å². The number of halogens is 3. The summed E-state index contributed by atoms with van der Waals surface area (Å²) in [6.45, 7) is 2.08. The van der Waals surface area contributed by atoms with Gasteiger partial charge in [-0.2, -0.15) is 0 Å². The van der Waals surface area contributed by atoms with Crippen LogP contribution in [-0.2, 0) is 10.7 Å². The molecule has 21 heavy (non-hydrogen) atoms. The second-order valence-electron chi connectivity index (χ2n) is 5.05. The maximum atomic E-state index is 14.1. The first-order chi connectivity index (χ1) is 9.92. The molecule has 0 heterocycles. The smallest absolute Gasteiger partial charge is 0.339 e. The summed E-state index contributed by atoms with van der Waals surface area (Å²) in [5.74, 6) is -3.56. The first kappa shape index (κ1) is 17.9. The van der Waals surface area contributed by atoms with Gasteiger partial charge in [0.25, 0.3) is 5.92 Å². The van der Waals surface area contributed by atoms with E-state index in [1.807, 2.05) is 0 Å². The minimum absolute atomic E-state index is 0.00925. The zero-order valence-electron chi connectivity index (χ0n) is 12.4. The maximum Gasteiger partial charge on any atom is 0.339 e. The quantitative estimate of drug-likeness (QED) is 0.462. The summed E-state index contributed by atoms with van der Waals surface area (Å²) in [7, 11) is 1.22. The van der Waals surface area contributed by atoms with Gasteiger partial charge in [0.1, 0.15) is 0 Å². The summed E-state index contributed by atoms with van der Waals surface area (Å²) in [5, 5.41) is -0.00925. The minimum atomic E-state index is -2.93. The number of esters is 1. The van der Waals surface area contributed by atoms with Crippen LogP contribution in [0.4, 0.5) is 8.78 Å². The molecule has 0 saturated carbocycles. The highest BCUT2D eigenvalue weighted by atomic mass is 35.5. The van der Waals surface area contributed by atoms with Gasteiger partial charge in [-0.25, -0.2) is 13.6 Å². The Morgan fingerprint density at radius 1 is 1.24 bits per heavy atom. The molecule has 1 rings (SSSR count). The molecule has 0 spiro atoms. The summed E-state index contributed by atoms with van der Waals surface area (Å²) < 4.78 is 32.7. The molecular formula is C16H21ClF2O2. The largest absolute Gasteiger partial charge is 0.465 e. The van der Waals surface area contributed by atoms with Crippen molar-refractivity contribution in [3.63, 3.8) is 0 Å². The third-order valence-electron chi connectivity index (χ3n) is 3.39. The van der Waals surface area contributed by atoms with Crippen molar-refractivity contribution in [3.8, 4) is 0 Å². The molecule has 0 amide bonds. The highest BCUT2D eigenvalue weighted by molar-refractivity contribution is 6.33. The van der Waals surface area contributed by atoms with Crippen LogP contribution in [0.1, 0.15) is 61.4 Å². The predicted molar refractivity (Wildman–Crippen MR) is 80.1 cm³/mol.